The van der Waals surface area contributed by atoms with Gasteiger partial charge in [0.1, 0.15) is 0 Å². The number of methoxy groups -OCH3 is 1. The van der Waals surface area contributed by atoms with Gasteiger partial charge in [0.05, 0.1) is 18.2 Å². The summed E-state index contributed by atoms with van der Waals surface area (Å²) in [5, 5.41) is 0.407. The van der Waals surface area contributed by atoms with Crippen LogP contribution in [0, 0.1) is 0 Å². The van der Waals surface area contributed by atoms with Crippen molar-refractivity contribution < 1.29 is 22.7 Å². The van der Waals surface area contributed by atoms with Crippen LogP contribution in [0.15, 0.2) is 24.4 Å². The third-order valence-corrected chi connectivity index (χ3v) is 2.41. The fourth-order valence-corrected chi connectivity index (χ4v) is 1.58. The highest BCUT2D eigenvalue weighted by atomic mass is 19.4. The number of esters is 1. The lowest BCUT2D eigenvalue weighted by molar-refractivity contribution is -0.137. The summed E-state index contributed by atoms with van der Waals surface area (Å²) >= 11 is 0. The SMILES string of the molecule is COC(=O)c1c[nH]c2cc(C(F)(F)F)ccc12. The number of fused-ring (bicyclic) bond motifs is 1. The fraction of sp³-hybridized carbons (Fsp3) is 0.182. The number of halogens is 3. The lowest BCUT2D eigenvalue weighted by atomic mass is 10.1. The number of rotatable bonds is 1. The molecule has 17 heavy (non-hydrogen) atoms. The summed E-state index contributed by atoms with van der Waals surface area (Å²) in [6.45, 7) is 0. The number of aromatic amines is 1. The maximum Gasteiger partial charge on any atom is 0.416 e. The number of alkyl halides is 3. The van der Waals surface area contributed by atoms with E-state index >= 15 is 0 Å². The summed E-state index contributed by atoms with van der Waals surface area (Å²) in [4.78, 5) is 13.9. The van der Waals surface area contributed by atoms with Crippen LogP contribution in [0.5, 0.6) is 0 Å². The maximum absolute atomic E-state index is 12.4. The summed E-state index contributed by atoms with van der Waals surface area (Å²) < 4.78 is 41.8. The third-order valence-electron chi connectivity index (χ3n) is 2.41. The van der Waals surface area contributed by atoms with Gasteiger partial charge in [0, 0.05) is 17.1 Å². The lowest BCUT2D eigenvalue weighted by Gasteiger charge is -2.06. The predicted octanol–water partition coefficient (Wildman–Crippen LogP) is 2.97. The molecule has 0 amide bonds. The van der Waals surface area contributed by atoms with Crippen molar-refractivity contribution in [2.24, 2.45) is 0 Å². The van der Waals surface area contributed by atoms with E-state index in [0.29, 0.717) is 5.39 Å². The summed E-state index contributed by atoms with van der Waals surface area (Å²) in [6.07, 6.45) is -3.07. The first-order chi connectivity index (χ1) is 7.93. The highest BCUT2D eigenvalue weighted by Crippen LogP contribution is 2.32. The largest absolute Gasteiger partial charge is 0.465 e. The van der Waals surface area contributed by atoms with Crippen molar-refractivity contribution in [3.05, 3.63) is 35.5 Å². The van der Waals surface area contributed by atoms with Crippen molar-refractivity contribution in [3.63, 3.8) is 0 Å². The number of hydrogen-bond donors (Lipinski definition) is 1. The van der Waals surface area contributed by atoms with Crippen molar-refractivity contribution in [1.29, 1.82) is 0 Å². The van der Waals surface area contributed by atoms with Gasteiger partial charge in [0.25, 0.3) is 0 Å². The van der Waals surface area contributed by atoms with E-state index in [9.17, 15) is 18.0 Å². The maximum atomic E-state index is 12.4. The van der Waals surface area contributed by atoms with Crippen molar-refractivity contribution in [1.82, 2.24) is 4.98 Å². The minimum absolute atomic E-state index is 0.219. The molecule has 0 saturated carbocycles. The molecule has 0 bridgehead atoms. The first-order valence-electron chi connectivity index (χ1n) is 4.70. The smallest absolute Gasteiger partial charge is 0.416 e. The van der Waals surface area contributed by atoms with Crippen molar-refractivity contribution in [3.8, 4) is 0 Å². The molecule has 1 heterocycles. The van der Waals surface area contributed by atoms with Gasteiger partial charge in [-0.15, -0.1) is 0 Å². The second-order valence-corrected chi connectivity index (χ2v) is 3.45. The molecular weight excluding hydrogens is 235 g/mol. The van der Waals surface area contributed by atoms with Gasteiger partial charge in [0.2, 0.25) is 0 Å². The Morgan fingerprint density at radius 2 is 2.06 bits per heavy atom. The van der Waals surface area contributed by atoms with Crippen LogP contribution >= 0.6 is 0 Å². The standard InChI is InChI=1S/C11H8F3NO2/c1-17-10(16)8-5-15-9-4-6(11(12,13)14)2-3-7(8)9/h2-5,15H,1H3. The number of aromatic nitrogens is 1. The molecule has 0 aliphatic heterocycles. The summed E-state index contributed by atoms with van der Waals surface area (Å²) in [5.41, 5.74) is -0.292. The van der Waals surface area contributed by atoms with Crippen LogP contribution < -0.4 is 0 Å². The average Bonchev–Trinajstić information content (AvgIpc) is 2.69. The Bertz CT molecular complexity index is 572. The van der Waals surface area contributed by atoms with Gasteiger partial charge in [-0.25, -0.2) is 4.79 Å². The molecule has 1 N–H and O–H groups in total. The molecule has 0 atom stereocenters. The minimum atomic E-state index is -4.40. The van der Waals surface area contributed by atoms with Crippen LogP contribution in [0.4, 0.5) is 13.2 Å². The van der Waals surface area contributed by atoms with E-state index in [2.05, 4.69) is 9.72 Å². The summed E-state index contributed by atoms with van der Waals surface area (Å²) in [5.74, 6) is -0.587. The molecular formula is C11H8F3NO2. The van der Waals surface area contributed by atoms with Crippen LogP contribution in [-0.4, -0.2) is 18.1 Å². The zero-order valence-corrected chi connectivity index (χ0v) is 8.76. The van der Waals surface area contributed by atoms with E-state index < -0.39 is 17.7 Å². The highest BCUT2D eigenvalue weighted by molar-refractivity contribution is 6.04. The van der Waals surface area contributed by atoms with Crippen LogP contribution in [0.3, 0.4) is 0 Å². The van der Waals surface area contributed by atoms with E-state index in [4.69, 9.17) is 0 Å². The number of benzene rings is 1. The molecule has 6 heteroatoms. The van der Waals surface area contributed by atoms with E-state index in [1.54, 1.807) is 0 Å². The lowest BCUT2D eigenvalue weighted by Crippen LogP contribution is -2.04. The van der Waals surface area contributed by atoms with Gasteiger partial charge < -0.3 is 9.72 Å². The van der Waals surface area contributed by atoms with Gasteiger partial charge in [-0.1, -0.05) is 6.07 Å². The Balaban J connectivity index is 2.56. The van der Waals surface area contributed by atoms with Crippen molar-refractivity contribution in [2.75, 3.05) is 7.11 Å². The number of hydrogen-bond acceptors (Lipinski definition) is 2. The van der Waals surface area contributed by atoms with E-state index in [0.717, 1.165) is 12.1 Å². The molecule has 0 spiro atoms. The number of H-pyrrole nitrogens is 1. The minimum Gasteiger partial charge on any atom is -0.465 e. The van der Waals surface area contributed by atoms with Gasteiger partial charge in [-0.05, 0) is 12.1 Å². The van der Waals surface area contributed by atoms with E-state index in [1.807, 2.05) is 0 Å². The number of carbonyl (C=O) groups is 1. The normalized spacial score (nSPS) is 11.8. The zero-order valence-electron chi connectivity index (χ0n) is 8.76. The van der Waals surface area contributed by atoms with Gasteiger partial charge in [0.15, 0.2) is 0 Å². The van der Waals surface area contributed by atoms with Gasteiger partial charge in [-0.3, -0.25) is 0 Å². The number of carbonyl (C=O) groups excluding carboxylic acids is 1. The van der Waals surface area contributed by atoms with E-state index in [-0.39, 0.29) is 11.1 Å². The first kappa shape index (κ1) is 11.5. The van der Waals surface area contributed by atoms with Crippen LogP contribution in [-0.2, 0) is 10.9 Å². The monoisotopic (exact) mass is 243 g/mol. The second-order valence-electron chi connectivity index (χ2n) is 3.45. The van der Waals surface area contributed by atoms with E-state index in [1.165, 1.54) is 19.4 Å². The summed E-state index contributed by atoms with van der Waals surface area (Å²) in [7, 11) is 1.21. The molecule has 2 aromatic rings. The Morgan fingerprint density at radius 3 is 2.65 bits per heavy atom. The predicted molar refractivity (Wildman–Crippen MR) is 54.6 cm³/mol. The first-order valence-corrected chi connectivity index (χ1v) is 4.70. The Hall–Kier alpha value is -1.98. The molecule has 0 aliphatic carbocycles. The van der Waals surface area contributed by atoms with Gasteiger partial charge >= 0.3 is 12.1 Å². The van der Waals surface area contributed by atoms with Crippen molar-refractivity contribution in [2.45, 2.75) is 6.18 Å². The molecule has 0 fully saturated rings. The molecule has 1 aromatic heterocycles. The molecule has 1 aromatic carbocycles. The Morgan fingerprint density at radius 1 is 1.35 bits per heavy atom. The molecule has 2 rings (SSSR count). The summed E-state index contributed by atoms with van der Waals surface area (Å²) in [6, 6.07) is 3.14. The molecule has 0 radical (unpaired) electrons. The third kappa shape index (κ3) is 1.98. The zero-order chi connectivity index (χ0) is 12.6. The average molecular weight is 243 g/mol. The molecule has 0 aliphatic rings. The van der Waals surface area contributed by atoms with Gasteiger partial charge in [-0.2, -0.15) is 13.2 Å². The van der Waals surface area contributed by atoms with Crippen molar-refractivity contribution >= 4 is 16.9 Å². The molecule has 0 saturated heterocycles. The highest BCUT2D eigenvalue weighted by Gasteiger charge is 2.30. The molecule has 0 unspecified atom stereocenters. The topological polar surface area (TPSA) is 42.1 Å². The molecule has 90 valence electrons. The van der Waals surface area contributed by atoms with Crippen LogP contribution in [0.1, 0.15) is 15.9 Å². The fourth-order valence-electron chi connectivity index (χ4n) is 1.58. The van der Waals surface area contributed by atoms with Crippen LogP contribution in [0.25, 0.3) is 10.9 Å². The number of ether oxygens (including phenoxy) is 1. The second kappa shape index (κ2) is 3.80. The molecule has 3 nitrogen and oxygen atoms in total. The number of nitrogens with one attached hydrogen (secondary N) is 1. The quantitative estimate of drug-likeness (QED) is 0.782. The Kier molecular flexibility index (Phi) is 2.57. The van der Waals surface area contributed by atoms with Crippen LogP contribution in [0.2, 0.25) is 0 Å². The Labute approximate surface area is 94.2 Å².